The van der Waals surface area contributed by atoms with Crippen molar-refractivity contribution in [3.05, 3.63) is 75.5 Å². The lowest BCUT2D eigenvalue weighted by Crippen LogP contribution is -2.08. The Labute approximate surface area is 171 Å². The quantitative estimate of drug-likeness (QED) is 0.371. The van der Waals surface area contributed by atoms with E-state index in [-0.39, 0.29) is 0 Å². The first-order chi connectivity index (χ1) is 13.5. The van der Waals surface area contributed by atoms with Crippen molar-refractivity contribution < 1.29 is 0 Å². The summed E-state index contributed by atoms with van der Waals surface area (Å²) >= 11 is 12.0. The minimum atomic E-state index is 0.478. The average molecular weight is 411 g/mol. The molecule has 0 fully saturated rings. The van der Waals surface area contributed by atoms with E-state index in [0.717, 1.165) is 22.5 Å². The number of benzene rings is 2. The van der Waals surface area contributed by atoms with E-state index in [1.54, 1.807) is 23.0 Å². The Kier molecular flexibility index (Phi) is 4.98. The molecule has 1 N–H and O–H groups in total. The first-order valence-electron chi connectivity index (χ1n) is 8.55. The number of rotatable bonds is 4. The second-order valence-electron chi connectivity index (χ2n) is 6.29. The highest BCUT2D eigenvalue weighted by Gasteiger charge is 2.14. The fourth-order valence-corrected chi connectivity index (χ4v) is 3.09. The molecule has 0 amide bonds. The van der Waals surface area contributed by atoms with Crippen LogP contribution in [-0.2, 0) is 0 Å². The number of hydrogen-bond acceptors (Lipinski definition) is 5. The average Bonchev–Trinajstić information content (AvgIpc) is 3.00. The summed E-state index contributed by atoms with van der Waals surface area (Å²) in [5.41, 5.74) is 7.12. The summed E-state index contributed by atoms with van der Waals surface area (Å²) in [6.45, 7) is 3.90. The highest BCUT2D eigenvalue weighted by atomic mass is 35.5. The van der Waals surface area contributed by atoms with Crippen molar-refractivity contribution in [3.63, 3.8) is 0 Å². The van der Waals surface area contributed by atoms with Gasteiger partial charge >= 0.3 is 0 Å². The van der Waals surface area contributed by atoms with Gasteiger partial charge in [0, 0.05) is 15.7 Å². The van der Waals surface area contributed by atoms with Crippen LogP contribution in [0.25, 0.3) is 16.9 Å². The summed E-state index contributed by atoms with van der Waals surface area (Å²) in [6.07, 6.45) is 1.69. The molecule has 0 spiro atoms. The van der Waals surface area contributed by atoms with Crippen LogP contribution in [0, 0.1) is 13.8 Å². The second-order valence-corrected chi connectivity index (χ2v) is 7.16. The Bertz CT molecular complexity index is 1180. The van der Waals surface area contributed by atoms with Gasteiger partial charge in [-0.25, -0.2) is 14.6 Å². The fraction of sp³-hybridized carbons (Fsp3) is 0.100. The predicted molar refractivity (Wildman–Crippen MR) is 114 cm³/mol. The molecule has 0 aliphatic carbocycles. The van der Waals surface area contributed by atoms with Gasteiger partial charge in [-0.15, -0.1) is 0 Å². The highest BCUT2D eigenvalue weighted by molar-refractivity contribution is 6.31. The summed E-state index contributed by atoms with van der Waals surface area (Å²) in [5, 5.41) is 10.1. The molecule has 0 aliphatic rings. The first kappa shape index (κ1) is 18.4. The number of anilines is 1. The van der Waals surface area contributed by atoms with Crippen molar-refractivity contribution in [1.82, 2.24) is 19.7 Å². The van der Waals surface area contributed by atoms with Crippen molar-refractivity contribution in [2.45, 2.75) is 13.8 Å². The van der Waals surface area contributed by atoms with Gasteiger partial charge in [-0.2, -0.15) is 10.2 Å². The van der Waals surface area contributed by atoms with Gasteiger partial charge < -0.3 is 0 Å². The predicted octanol–water partition coefficient (Wildman–Crippen LogP) is 5.19. The topological polar surface area (TPSA) is 68.0 Å². The molecule has 0 bridgehead atoms. The lowest BCUT2D eigenvalue weighted by molar-refractivity contribution is 0.806. The van der Waals surface area contributed by atoms with E-state index in [0.29, 0.717) is 27.2 Å². The summed E-state index contributed by atoms with van der Waals surface area (Å²) in [6, 6.07) is 14.7. The van der Waals surface area contributed by atoms with Gasteiger partial charge in [-0.3, -0.25) is 5.43 Å². The number of hydrazone groups is 1. The van der Waals surface area contributed by atoms with Crippen LogP contribution < -0.4 is 5.43 Å². The van der Waals surface area contributed by atoms with Crippen molar-refractivity contribution in [2.75, 3.05) is 5.43 Å². The lowest BCUT2D eigenvalue weighted by Gasteiger charge is -2.10. The Morgan fingerprint density at radius 1 is 0.929 bits per heavy atom. The van der Waals surface area contributed by atoms with Crippen LogP contribution in [-0.4, -0.2) is 26.0 Å². The Balaban J connectivity index is 1.76. The minimum Gasteiger partial charge on any atom is -0.258 e. The third-order valence-electron chi connectivity index (χ3n) is 4.07. The molecule has 0 saturated heterocycles. The zero-order valence-corrected chi connectivity index (χ0v) is 16.7. The summed E-state index contributed by atoms with van der Waals surface area (Å²) < 4.78 is 1.75. The van der Waals surface area contributed by atoms with Gasteiger partial charge in [-0.05, 0) is 55.8 Å². The van der Waals surface area contributed by atoms with Crippen LogP contribution in [0.5, 0.6) is 0 Å². The molecule has 6 nitrogen and oxygen atoms in total. The Morgan fingerprint density at radius 3 is 2.39 bits per heavy atom. The van der Waals surface area contributed by atoms with Crippen LogP contribution in [0.2, 0.25) is 10.0 Å². The lowest BCUT2D eigenvalue weighted by atomic mass is 10.2. The molecule has 2 aromatic carbocycles. The third-order valence-corrected chi connectivity index (χ3v) is 4.56. The Morgan fingerprint density at radius 2 is 1.68 bits per heavy atom. The largest absolute Gasteiger partial charge is 0.258 e. The molecular formula is C20H16Cl2N6. The molecule has 8 heteroatoms. The summed E-state index contributed by atoms with van der Waals surface area (Å²) in [5.74, 6) is 1.04. The molecule has 28 heavy (non-hydrogen) atoms. The monoisotopic (exact) mass is 410 g/mol. The van der Waals surface area contributed by atoms with Crippen molar-refractivity contribution >= 4 is 46.3 Å². The van der Waals surface area contributed by atoms with Gasteiger partial charge in [0.15, 0.2) is 11.6 Å². The maximum absolute atomic E-state index is 6.11. The smallest absolute Gasteiger partial charge is 0.199 e. The second kappa shape index (κ2) is 7.58. The molecule has 0 aliphatic heterocycles. The Hall–Kier alpha value is -2.96. The third kappa shape index (κ3) is 3.83. The number of halogens is 2. The molecule has 0 radical (unpaired) electrons. The normalized spacial score (nSPS) is 11.4. The van der Waals surface area contributed by atoms with Crippen LogP contribution in [0.1, 0.15) is 17.0 Å². The van der Waals surface area contributed by atoms with Gasteiger partial charge in [0.2, 0.25) is 0 Å². The van der Waals surface area contributed by atoms with E-state index in [2.05, 4.69) is 20.6 Å². The number of nitrogens with zero attached hydrogens (tertiary/aromatic N) is 5. The van der Waals surface area contributed by atoms with E-state index in [4.69, 9.17) is 28.2 Å². The standard InChI is InChI=1S/C20H16Cl2N6/c1-12-9-13(2)28(27-12)20-19(24-18-10-16(22)7-8-17(18)25-20)26-23-11-14-3-5-15(21)6-4-14/h3-11H,1-2H3,(H,24,26)/b23-11+. The number of hydrogen-bond donors (Lipinski definition) is 1. The van der Waals surface area contributed by atoms with Crippen LogP contribution in [0.3, 0.4) is 0 Å². The molecule has 4 rings (SSSR count). The first-order valence-corrected chi connectivity index (χ1v) is 9.31. The maximum Gasteiger partial charge on any atom is 0.199 e. The molecule has 140 valence electrons. The number of aromatic nitrogens is 4. The van der Waals surface area contributed by atoms with E-state index in [1.165, 1.54) is 0 Å². The van der Waals surface area contributed by atoms with Gasteiger partial charge in [0.1, 0.15) is 0 Å². The summed E-state index contributed by atoms with van der Waals surface area (Å²) in [7, 11) is 0. The molecular weight excluding hydrogens is 395 g/mol. The van der Waals surface area contributed by atoms with Crippen LogP contribution >= 0.6 is 23.2 Å². The van der Waals surface area contributed by atoms with Crippen molar-refractivity contribution in [3.8, 4) is 5.82 Å². The molecule has 2 aromatic heterocycles. The SMILES string of the molecule is Cc1cc(C)n(-c2nc3ccc(Cl)cc3nc2N/N=C/c2ccc(Cl)cc2)n1. The molecule has 0 saturated carbocycles. The number of fused-ring (bicyclic) bond motifs is 1. The van der Waals surface area contributed by atoms with E-state index in [1.807, 2.05) is 50.2 Å². The van der Waals surface area contributed by atoms with E-state index >= 15 is 0 Å². The van der Waals surface area contributed by atoms with Gasteiger partial charge in [-0.1, -0.05) is 35.3 Å². The van der Waals surface area contributed by atoms with Gasteiger partial charge in [0.25, 0.3) is 0 Å². The number of aryl methyl sites for hydroxylation is 2. The number of nitrogens with one attached hydrogen (secondary N) is 1. The van der Waals surface area contributed by atoms with Crippen molar-refractivity contribution in [2.24, 2.45) is 5.10 Å². The zero-order valence-electron chi connectivity index (χ0n) is 15.2. The fourth-order valence-electron chi connectivity index (χ4n) is 2.80. The zero-order chi connectivity index (χ0) is 19.7. The van der Waals surface area contributed by atoms with Crippen LogP contribution in [0.4, 0.5) is 5.82 Å². The molecule has 0 atom stereocenters. The van der Waals surface area contributed by atoms with Gasteiger partial charge in [0.05, 0.1) is 22.9 Å². The van der Waals surface area contributed by atoms with Crippen molar-refractivity contribution in [1.29, 1.82) is 0 Å². The molecule has 4 aromatic rings. The minimum absolute atomic E-state index is 0.478. The molecule has 2 heterocycles. The maximum atomic E-state index is 6.11. The molecule has 0 unspecified atom stereocenters. The van der Waals surface area contributed by atoms with E-state index < -0.39 is 0 Å². The van der Waals surface area contributed by atoms with E-state index in [9.17, 15) is 0 Å². The van der Waals surface area contributed by atoms with Crippen LogP contribution in [0.15, 0.2) is 53.6 Å². The highest BCUT2D eigenvalue weighted by Crippen LogP contribution is 2.24. The summed E-state index contributed by atoms with van der Waals surface area (Å²) in [4.78, 5) is 9.38.